The van der Waals surface area contributed by atoms with Crippen LogP contribution >= 0.6 is 0 Å². The first-order valence-corrected chi connectivity index (χ1v) is 13.4. The third-order valence-electron chi connectivity index (χ3n) is 9.78. The Balaban J connectivity index is 1.50. The first-order chi connectivity index (χ1) is 17.5. The first kappa shape index (κ1) is 25.9. The van der Waals surface area contributed by atoms with Gasteiger partial charge in [-0.2, -0.15) is 0 Å². The number of carbonyl (C=O) groups excluding carboxylic acids is 4. The molecule has 5 rings (SSSR count). The molecule has 8 nitrogen and oxygen atoms in total. The number of ether oxygens (including phenoxy) is 4. The van der Waals surface area contributed by atoms with Gasteiger partial charge in [-0.3, -0.25) is 19.2 Å². The van der Waals surface area contributed by atoms with Gasteiger partial charge in [0.25, 0.3) is 0 Å². The molecule has 0 bridgehead atoms. The fourth-order valence-corrected chi connectivity index (χ4v) is 7.93. The summed E-state index contributed by atoms with van der Waals surface area (Å²) in [5.74, 6) is -0.890. The number of allylic oxidation sites excluding steroid dienone is 3. The third-order valence-corrected chi connectivity index (χ3v) is 9.78. The lowest BCUT2D eigenvalue weighted by Crippen LogP contribution is -2.62. The van der Waals surface area contributed by atoms with Gasteiger partial charge < -0.3 is 18.9 Å². The van der Waals surface area contributed by atoms with Gasteiger partial charge in [-0.1, -0.05) is 32.9 Å². The maximum absolute atomic E-state index is 13.7. The van der Waals surface area contributed by atoms with Crippen molar-refractivity contribution < 1.29 is 38.1 Å². The van der Waals surface area contributed by atoms with Crippen molar-refractivity contribution in [2.45, 2.75) is 90.4 Å². The van der Waals surface area contributed by atoms with Crippen molar-refractivity contribution in [3.05, 3.63) is 35.6 Å². The number of carbonyl (C=O) groups is 4. The zero-order chi connectivity index (χ0) is 26.8. The summed E-state index contributed by atoms with van der Waals surface area (Å²) in [4.78, 5) is 49.7. The van der Waals surface area contributed by atoms with Crippen LogP contribution in [0.25, 0.3) is 0 Å². The largest absolute Gasteiger partial charge is 0.457 e. The van der Waals surface area contributed by atoms with Crippen LogP contribution in [0, 0.1) is 22.7 Å². The quantitative estimate of drug-likeness (QED) is 0.285. The van der Waals surface area contributed by atoms with Gasteiger partial charge >= 0.3 is 17.9 Å². The standard InChI is InChI=1S/C29H36O8/c1-6-24(32)34-16-22(31)28(37-25(33)7-2)13-11-20-21-9-8-18-14-19(35-17(3)30)10-12-26(18,4)29(21)23(36-29)15-27(20,28)5/h8,10,12,14,20-21,23H,6-7,9,11,13,15-16H2,1-5H3/t20-,21-,23-,26-,27-,28-,29+/m0/s1. The van der Waals surface area contributed by atoms with Gasteiger partial charge in [0.15, 0.2) is 12.2 Å². The number of fused-ring (bicyclic) bond motifs is 3. The molecule has 5 aliphatic rings. The second kappa shape index (κ2) is 8.65. The van der Waals surface area contributed by atoms with Gasteiger partial charge in [0, 0.05) is 30.6 Å². The average molecular weight is 513 g/mol. The molecule has 8 heteroatoms. The zero-order valence-electron chi connectivity index (χ0n) is 22.3. The number of ketones is 1. The Morgan fingerprint density at radius 1 is 1.08 bits per heavy atom. The summed E-state index contributed by atoms with van der Waals surface area (Å²) < 4.78 is 23.2. The lowest BCUT2D eigenvalue weighted by molar-refractivity contribution is -0.188. The summed E-state index contributed by atoms with van der Waals surface area (Å²) in [6, 6.07) is 0. The van der Waals surface area contributed by atoms with Crippen molar-refractivity contribution in [3.63, 3.8) is 0 Å². The molecule has 0 aromatic rings. The van der Waals surface area contributed by atoms with E-state index >= 15 is 0 Å². The van der Waals surface area contributed by atoms with Crippen LogP contribution < -0.4 is 0 Å². The second-order valence-electron chi connectivity index (χ2n) is 11.4. The van der Waals surface area contributed by atoms with Gasteiger partial charge in [-0.25, -0.2) is 0 Å². The normalized spacial score (nSPS) is 40.6. The van der Waals surface area contributed by atoms with Gasteiger partial charge in [0.2, 0.25) is 5.78 Å². The Kier molecular flexibility index (Phi) is 6.05. The van der Waals surface area contributed by atoms with E-state index in [1.807, 2.05) is 12.2 Å². The number of esters is 3. The van der Waals surface area contributed by atoms with Crippen LogP contribution in [0.3, 0.4) is 0 Å². The number of Topliss-reactive ketones (excluding diaryl/α,β-unsaturated/α-hetero) is 1. The van der Waals surface area contributed by atoms with Gasteiger partial charge in [0.1, 0.15) is 11.4 Å². The zero-order valence-corrected chi connectivity index (χ0v) is 22.3. The Labute approximate surface area is 217 Å². The monoisotopic (exact) mass is 512 g/mol. The van der Waals surface area contributed by atoms with Gasteiger partial charge in [-0.05, 0) is 62.2 Å². The summed E-state index contributed by atoms with van der Waals surface area (Å²) in [6.45, 7) is 8.59. The van der Waals surface area contributed by atoms with Gasteiger partial charge in [-0.15, -0.1) is 0 Å². The summed E-state index contributed by atoms with van der Waals surface area (Å²) in [7, 11) is 0. The Morgan fingerprint density at radius 3 is 2.49 bits per heavy atom. The van der Waals surface area contributed by atoms with Crippen molar-refractivity contribution in [2.24, 2.45) is 22.7 Å². The molecule has 1 spiro atoms. The third kappa shape index (κ3) is 3.51. The fraction of sp³-hybridized carbons (Fsp3) is 0.655. The lowest BCUT2D eigenvalue weighted by atomic mass is 9.48. The fourth-order valence-electron chi connectivity index (χ4n) is 7.93. The van der Waals surface area contributed by atoms with E-state index in [1.165, 1.54) is 6.92 Å². The van der Waals surface area contributed by atoms with Crippen molar-refractivity contribution in [3.8, 4) is 0 Å². The number of hydrogen-bond donors (Lipinski definition) is 0. The minimum absolute atomic E-state index is 0.0728. The van der Waals surface area contributed by atoms with E-state index in [-0.39, 0.29) is 42.5 Å². The van der Waals surface area contributed by atoms with E-state index in [0.29, 0.717) is 25.0 Å². The van der Waals surface area contributed by atoms with Crippen LogP contribution in [0.4, 0.5) is 0 Å². The van der Waals surface area contributed by atoms with Crippen molar-refractivity contribution in [2.75, 3.05) is 6.61 Å². The Morgan fingerprint density at radius 2 is 1.81 bits per heavy atom. The molecular weight excluding hydrogens is 476 g/mol. The van der Waals surface area contributed by atoms with E-state index in [1.54, 1.807) is 13.8 Å². The highest BCUT2D eigenvalue weighted by Crippen LogP contribution is 2.75. The molecule has 0 N–H and O–H groups in total. The number of hydrogen-bond acceptors (Lipinski definition) is 8. The van der Waals surface area contributed by atoms with E-state index in [2.05, 4.69) is 26.0 Å². The Bertz CT molecular complexity index is 1150. The summed E-state index contributed by atoms with van der Waals surface area (Å²) >= 11 is 0. The average Bonchev–Trinajstić information content (AvgIpc) is 3.51. The van der Waals surface area contributed by atoms with Crippen LogP contribution in [-0.4, -0.2) is 47.6 Å². The number of epoxide rings is 1. The van der Waals surface area contributed by atoms with E-state index in [9.17, 15) is 19.2 Å². The summed E-state index contributed by atoms with van der Waals surface area (Å²) in [5.41, 5.74) is -1.78. The van der Waals surface area contributed by atoms with Crippen molar-refractivity contribution in [1.82, 2.24) is 0 Å². The van der Waals surface area contributed by atoms with E-state index in [4.69, 9.17) is 18.9 Å². The van der Waals surface area contributed by atoms with Crippen LogP contribution in [0.5, 0.6) is 0 Å². The van der Waals surface area contributed by atoms with E-state index in [0.717, 1.165) is 12.0 Å². The van der Waals surface area contributed by atoms with Crippen molar-refractivity contribution in [1.29, 1.82) is 0 Å². The molecule has 0 aromatic heterocycles. The maximum atomic E-state index is 13.7. The number of rotatable bonds is 7. The molecule has 3 fully saturated rings. The highest BCUT2D eigenvalue weighted by Gasteiger charge is 2.81. The molecule has 2 saturated carbocycles. The maximum Gasteiger partial charge on any atom is 0.308 e. The summed E-state index contributed by atoms with van der Waals surface area (Å²) in [5, 5.41) is 0. The van der Waals surface area contributed by atoms with E-state index < -0.39 is 40.6 Å². The predicted octanol–water partition coefficient (Wildman–Crippen LogP) is 4.13. The predicted molar refractivity (Wildman–Crippen MR) is 132 cm³/mol. The lowest BCUT2D eigenvalue weighted by Gasteiger charge is -2.55. The molecule has 0 radical (unpaired) electrons. The van der Waals surface area contributed by atoms with Crippen LogP contribution in [0.2, 0.25) is 0 Å². The minimum atomic E-state index is -1.35. The topological polar surface area (TPSA) is 109 Å². The second-order valence-corrected chi connectivity index (χ2v) is 11.4. The van der Waals surface area contributed by atoms with Crippen molar-refractivity contribution >= 4 is 23.7 Å². The molecule has 0 aromatic carbocycles. The molecule has 1 saturated heterocycles. The highest BCUT2D eigenvalue weighted by atomic mass is 16.6. The van der Waals surface area contributed by atoms with Crippen LogP contribution in [0.15, 0.2) is 35.6 Å². The highest BCUT2D eigenvalue weighted by molar-refractivity contribution is 5.93. The van der Waals surface area contributed by atoms with Crippen LogP contribution in [0.1, 0.15) is 73.1 Å². The SMILES string of the molecule is CCC(=O)OCC(=O)[C@@]1(OC(=O)CC)CC[C@H]2[C@@H]3CC=C4C=C(OC(C)=O)C=C[C@]4(C)[C@@]34O[C@H]4C[C@@]21C. The molecular formula is C29H36O8. The molecule has 4 aliphatic carbocycles. The molecule has 0 unspecified atom stereocenters. The molecule has 200 valence electrons. The minimum Gasteiger partial charge on any atom is -0.457 e. The molecule has 1 heterocycles. The van der Waals surface area contributed by atoms with Crippen LogP contribution in [-0.2, 0) is 38.1 Å². The Hall–Kier alpha value is -2.74. The molecule has 1 aliphatic heterocycles. The smallest absolute Gasteiger partial charge is 0.308 e. The molecule has 37 heavy (non-hydrogen) atoms. The first-order valence-electron chi connectivity index (χ1n) is 13.4. The summed E-state index contributed by atoms with van der Waals surface area (Å²) in [6.07, 6.45) is 10.7. The molecule has 7 atom stereocenters. The van der Waals surface area contributed by atoms with Gasteiger partial charge in [0.05, 0.1) is 6.10 Å². The molecule has 0 amide bonds.